The predicted molar refractivity (Wildman–Crippen MR) is 303 cm³/mol. The molecule has 0 N–H and O–H groups in total. The Balaban J connectivity index is 4.13. The van der Waals surface area contributed by atoms with Gasteiger partial charge in [-0.15, -0.1) is 0 Å². The highest BCUT2D eigenvalue weighted by atomic mass is 16.6. The van der Waals surface area contributed by atoms with Gasteiger partial charge in [0.1, 0.15) is 13.2 Å². The third kappa shape index (κ3) is 57.3. The first-order chi connectivity index (χ1) is 34.5. The van der Waals surface area contributed by atoms with Crippen LogP contribution in [0, 0.1) is 0 Å². The molecule has 0 bridgehead atoms. The van der Waals surface area contributed by atoms with E-state index in [9.17, 15) is 14.4 Å². The molecule has 1 unspecified atom stereocenters. The molecule has 1 atom stereocenters. The molecule has 0 saturated carbocycles. The molecule has 416 valence electrons. The molecule has 0 aliphatic heterocycles. The second kappa shape index (κ2) is 60.0. The lowest BCUT2D eigenvalue weighted by atomic mass is 10.0. The molecule has 0 fully saturated rings. The highest BCUT2D eigenvalue weighted by molar-refractivity contribution is 5.71. The van der Waals surface area contributed by atoms with E-state index >= 15 is 0 Å². The fourth-order valence-electron chi connectivity index (χ4n) is 10.0. The van der Waals surface area contributed by atoms with E-state index in [0.29, 0.717) is 19.3 Å². The third-order valence-electron chi connectivity index (χ3n) is 14.9. The Morgan fingerprint density at radius 2 is 0.386 bits per heavy atom. The predicted octanol–water partition coefficient (Wildman–Crippen LogP) is 21.5. The van der Waals surface area contributed by atoms with Crippen LogP contribution in [-0.4, -0.2) is 37.2 Å². The van der Waals surface area contributed by atoms with Crippen LogP contribution < -0.4 is 0 Å². The molecule has 0 aliphatic rings. The molecule has 0 aromatic carbocycles. The standard InChI is InChI=1S/C64H124O6/c1-4-7-10-13-16-19-21-23-25-27-29-31-32-33-35-36-38-40-42-45-48-51-54-57-63(66)69-60-61(59-68-62(65)56-53-50-47-44-18-15-12-9-6-3)70-64(67)58-55-52-49-46-43-41-39-37-34-30-28-26-24-22-20-17-14-11-8-5-2/h61H,4-60H2,1-3H3. The Morgan fingerprint density at radius 3 is 0.571 bits per heavy atom. The quantitative estimate of drug-likeness (QED) is 0.0343. The number of hydrogen-bond acceptors (Lipinski definition) is 6. The number of carbonyl (C=O) groups excluding carboxylic acids is 3. The zero-order valence-corrected chi connectivity index (χ0v) is 47.8. The number of ether oxygens (including phenoxy) is 3. The van der Waals surface area contributed by atoms with E-state index in [0.717, 1.165) is 57.8 Å². The van der Waals surface area contributed by atoms with Gasteiger partial charge in [0.15, 0.2) is 6.10 Å². The zero-order chi connectivity index (χ0) is 50.7. The van der Waals surface area contributed by atoms with Crippen LogP contribution >= 0.6 is 0 Å². The van der Waals surface area contributed by atoms with E-state index in [1.54, 1.807) is 0 Å². The van der Waals surface area contributed by atoms with Crippen LogP contribution in [0.25, 0.3) is 0 Å². The molecule has 70 heavy (non-hydrogen) atoms. The monoisotopic (exact) mass is 989 g/mol. The second-order valence-corrected chi connectivity index (χ2v) is 22.1. The van der Waals surface area contributed by atoms with Gasteiger partial charge in [-0.2, -0.15) is 0 Å². The summed E-state index contributed by atoms with van der Waals surface area (Å²) in [7, 11) is 0. The molecule has 0 aliphatic carbocycles. The average molecular weight is 990 g/mol. The highest BCUT2D eigenvalue weighted by Crippen LogP contribution is 2.19. The minimum atomic E-state index is -0.761. The van der Waals surface area contributed by atoms with Crippen LogP contribution in [-0.2, 0) is 28.6 Å². The van der Waals surface area contributed by atoms with Crippen molar-refractivity contribution in [2.45, 2.75) is 380 Å². The SMILES string of the molecule is CCCCCCCCCCCCCCCCCCCCCCCCCC(=O)OCC(COC(=O)CCCCCCCCCCC)OC(=O)CCCCCCCCCCCCCCCCCCCCCC. The van der Waals surface area contributed by atoms with Crippen molar-refractivity contribution >= 4 is 17.9 Å². The summed E-state index contributed by atoms with van der Waals surface area (Å²) in [6.45, 7) is 6.70. The van der Waals surface area contributed by atoms with Crippen LogP contribution in [0.5, 0.6) is 0 Å². The number of hydrogen-bond donors (Lipinski definition) is 0. The number of esters is 3. The Hall–Kier alpha value is -1.59. The average Bonchev–Trinajstić information content (AvgIpc) is 3.36. The van der Waals surface area contributed by atoms with E-state index in [1.807, 2.05) is 0 Å². The molecule has 0 rings (SSSR count). The largest absolute Gasteiger partial charge is 0.462 e. The van der Waals surface area contributed by atoms with Crippen LogP contribution in [0.4, 0.5) is 0 Å². The molecule has 0 spiro atoms. The van der Waals surface area contributed by atoms with Gasteiger partial charge in [-0.3, -0.25) is 14.4 Å². The van der Waals surface area contributed by atoms with E-state index in [2.05, 4.69) is 20.8 Å². The minimum absolute atomic E-state index is 0.0610. The summed E-state index contributed by atoms with van der Waals surface area (Å²) in [6, 6.07) is 0. The van der Waals surface area contributed by atoms with E-state index in [1.165, 1.54) is 276 Å². The topological polar surface area (TPSA) is 78.9 Å². The lowest BCUT2D eigenvalue weighted by Gasteiger charge is -2.18. The summed E-state index contributed by atoms with van der Waals surface area (Å²) in [6.07, 6.45) is 68.4. The van der Waals surface area contributed by atoms with Gasteiger partial charge in [0.05, 0.1) is 0 Å². The summed E-state index contributed by atoms with van der Waals surface area (Å²) in [5, 5.41) is 0. The van der Waals surface area contributed by atoms with Gasteiger partial charge in [-0.05, 0) is 19.3 Å². The van der Waals surface area contributed by atoms with Gasteiger partial charge in [-0.25, -0.2) is 0 Å². The van der Waals surface area contributed by atoms with Crippen molar-refractivity contribution < 1.29 is 28.6 Å². The Bertz CT molecular complexity index is 1040. The van der Waals surface area contributed by atoms with Gasteiger partial charge in [0, 0.05) is 19.3 Å². The van der Waals surface area contributed by atoms with Crippen LogP contribution in [0.3, 0.4) is 0 Å². The Kier molecular flexibility index (Phi) is 58.6. The third-order valence-corrected chi connectivity index (χ3v) is 14.9. The molecule has 6 nitrogen and oxygen atoms in total. The Labute approximate surface area is 438 Å². The first-order valence-electron chi connectivity index (χ1n) is 32.0. The first kappa shape index (κ1) is 68.4. The normalized spacial score (nSPS) is 11.9. The smallest absolute Gasteiger partial charge is 0.306 e. The van der Waals surface area contributed by atoms with Crippen molar-refractivity contribution in [3.05, 3.63) is 0 Å². The van der Waals surface area contributed by atoms with Gasteiger partial charge in [0.2, 0.25) is 0 Å². The van der Waals surface area contributed by atoms with Crippen LogP contribution in [0.1, 0.15) is 374 Å². The van der Waals surface area contributed by atoms with Crippen molar-refractivity contribution in [3.8, 4) is 0 Å². The Morgan fingerprint density at radius 1 is 0.229 bits per heavy atom. The molecule has 0 aromatic rings. The van der Waals surface area contributed by atoms with Crippen molar-refractivity contribution in [2.75, 3.05) is 13.2 Å². The van der Waals surface area contributed by atoms with Crippen LogP contribution in [0.2, 0.25) is 0 Å². The lowest BCUT2D eigenvalue weighted by Crippen LogP contribution is -2.30. The summed E-state index contributed by atoms with van der Waals surface area (Å²) >= 11 is 0. The fourth-order valence-corrected chi connectivity index (χ4v) is 10.0. The van der Waals surface area contributed by atoms with Gasteiger partial charge >= 0.3 is 17.9 Å². The molecular formula is C64H124O6. The summed E-state index contributed by atoms with van der Waals surface area (Å²) in [5.41, 5.74) is 0. The minimum Gasteiger partial charge on any atom is -0.462 e. The zero-order valence-electron chi connectivity index (χ0n) is 47.8. The maximum absolute atomic E-state index is 12.9. The van der Waals surface area contributed by atoms with Gasteiger partial charge in [-0.1, -0.05) is 335 Å². The molecule has 0 aromatic heterocycles. The molecule has 0 radical (unpaired) electrons. The lowest BCUT2D eigenvalue weighted by molar-refractivity contribution is -0.167. The molecule has 0 saturated heterocycles. The van der Waals surface area contributed by atoms with E-state index < -0.39 is 6.10 Å². The summed E-state index contributed by atoms with van der Waals surface area (Å²) < 4.78 is 16.9. The number of unbranched alkanes of at least 4 members (excludes halogenated alkanes) is 49. The second-order valence-electron chi connectivity index (χ2n) is 22.1. The maximum Gasteiger partial charge on any atom is 0.306 e. The summed E-state index contributed by atoms with van der Waals surface area (Å²) in [5.74, 6) is -0.831. The fraction of sp³-hybridized carbons (Fsp3) is 0.953. The van der Waals surface area contributed by atoms with Gasteiger partial charge < -0.3 is 14.2 Å². The van der Waals surface area contributed by atoms with Crippen molar-refractivity contribution in [1.82, 2.24) is 0 Å². The summed E-state index contributed by atoms with van der Waals surface area (Å²) in [4.78, 5) is 38.2. The van der Waals surface area contributed by atoms with Gasteiger partial charge in [0.25, 0.3) is 0 Å². The molecule has 0 heterocycles. The maximum atomic E-state index is 12.9. The van der Waals surface area contributed by atoms with E-state index in [4.69, 9.17) is 14.2 Å². The number of carbonyl (C=O) groups is 3. The number of rotatable bonds is 60. The molecule has 6 heteroatoms. The molecule has 0 amide bonds. The highest BCUT2D eigenvalue weighted by Gasteiger charge is 2.19. The van der Waals surface area contributed by atoms with Crippen molar-refractivity contribution in [1.29, 1.82) is 0 Å². The molecular weight excluding hydrogens is 865 g/mol. The first-order valence-corrected chi connectivity index (χ1v) is 32.0. The van der Waals surface area contributed by atoms with Crippen LogP contribution in [0.15, 0.2) is 0 Å². The van der Waals surface area contributed by atoms with Crippen molar-refractivity contribution in [2.24, 2.45) is 0 Å². The van der Waals surface area contributed by atoms with Crippen molar-refractivity contribution in [3.63, 3.8) is 0 Å². The van der Waals surface area contributed by atoms with E-state index in [-0.39, 0.29) is 31.1 Å².